The normalized spacial score (nSPS) is 44.4. The maximum absolute atomic E-state index is 15.7. The van der Waals surface area contributed by atoms with Gasteiger partial charge >= 0.3 is 5.97 Å². The first-order valence-electron chi connectivity index (χ1n) is 12.8. The number of Topliss-reactive ketones (excluding diaryl/α,β-unsaturated/α-hetero) is 1. The van der Waals surface area contributed by atoms with E-state index < -0.39 is 69.7 Å². The summed E-state index contributed by atoms with van der Waals surface area (Å²) in [6.45, 7) is 4.48. The van der Waals surface area contributed by atoms with Crippen LogP contribution in [0.1, 0.15) is 50.4 Å². The van der Waals surface area contributed by atoms with Crippen LogP contribution in [0.25, 0.3) is 0 Å². The molecule has 2 N–H and O–H groups in total. The topological polar surface area (TPSA) is 101 Å². The summed E-state index contributed by atoms with van der Waals surface area (Å²) in [6, 6.07) is 8.29. The van der Waals surface area contributed by atoms with Gasteiger partial charge in [0.25, 0.3) is 0 Å². The molecule has 0 heterocycles. The van der Waals surface area contributed by atoms with Crippen molar-refractivity contribution in [1.82, 2.24) is 0 Å². The third kappa shape index (κ3) is 3.26. The number of alkyl halides is 2. The van der Waals surface area contributed by atoms with E-state index >= 15 is 4.39 Å². The van der Waals surface area contributed by atoms with Crippen molar-refractivity contribution >= 4 is 29.1 Å². The van der Waals surface area contributed by atoms with E-state index in [2.05, 4.69) is 0 Å². The molecular weight excluding hydrogens is 499 g/mol. The van der Waals surface area contributed by atoms with Crippen LogP contribution < -0.4 is 0 Å². The van der Waals surface area contributed by atoms with Crippen LogP contribution in [0.4, 0.5) is 4.39 Å². The number of hydrogen-bond donors (Lipinski definition) is 2. The molecule has 8 heteroatoms. The maximum atomic E-state index is 15.7. The van der Waals surface area contributed by atoms with Crippen LogP contribution in [0, 0.1) is 28.6 Å². The Morgan fingerprint density at radius 1 is 1.16 bits per heavy atom. The van der Waals surface area contributed by atoms with E-state index in [0.29, 0.717) is 6.42 Å². The molecule has 0 amide bonds. The van der Waals surface area contributed by atoms with Crippen molar-refractivity contribution in [2.24, 2.45) is 28.6 Å². The summed E-state index contributed by atoms with van der Waals surface area (Å²) in [4.78, 5) is 37.6. The number of hydrogen-bond acceptors (Lipinski definition) is 6. The van der Waals surface area contributed by atoms with Crippen molar-refractivity contribution in [2.75, 3.05) is 6.61 Å². The number of fused-ring (bicyclic) bond motifs is 5. The number of allylic oxidation sites excluding steroid dienone is 4. The Bertz CT molecular complexity index is 1210. The molecule has 0 bridgehead atoms. The molecule has 0 aliphatic heterocycles. The number of ketones is 2. The van der Waals surface area contributed by atoms with E-state index in [1.54, 1.807) is 57.2 Å². The molecule has 5 rings (SSSR count). The van der Waals surface area contributed by atoms with Gasteiger partial charge in [-0.15, -0.1) is 11.6 Å². The smallest absolute Gasteiger partial charge is 0.339 e. The number of aliphatic hydroxyl groups excluding tert-OH is 2. The molecule has 0 spiro atoms. The van der Waals surface area contributed by atoms with E-state index in [1.165, 1.54) is 12.2 Å². The zero-order valence-electron chi connectivity index (χ0n) is 21.1. The molecule has 198 valence electrons. The van der Waals surface area contributed by atoms with E-state index in [0.717, 1.165) is 0 Å². The first kappa shape index (κ1) is 26.3. The number of rotatable bonds is 4. The summed E-state index contributed by atoms with van der Waals surface area (Å²) in [7, 11) is 0. The predicted molar refractivity (Wildman–Crippen MR) is 135 cm³/mol. The summed E-state index contributed by atoms with van der Waals surface area (Å²) in [6.07, 6.45) is 1.92. The Balaban J connectivity index is 1.63. The Labute approximate surface area is 220 Å². The summed E-state index contributed by atoms with van der Waals surface area (Å²) >= 11 is 7.38. The van der Waals surface area contributed by atoms with Gasteiger partial charge in [-0.25, -0.2) is 9.18 Å². The number of ether oxygens (including phenoxy) is 1. The summed E-state index contributed by atoms with van der Waals surface area (Å²) in [5.74, 6) is -3.18. The zero-order valence-corrected chi connectivity index (χ0v) is 21.9. The lowest BCUT2D eigenvalue weighted by Crippen LogP contribution is -2.70. The summed E-state index contributed by atoms with van der Waals surface area (Å²) < 4.78 is 21.8. The van der Waals surface area contributed by atoms with Gasteiger partial charge in [0.15, 0.2) is 11.4 Å². The lowest BCUT2D eigenvalue weighted by Gasteiger charge is -2.64. The largest absolute Gasteiger partial charge is 0.446 e. The van der Waals surface area contributed by atoms with Crippen molar-refractivity contribution in [3.63, 3.8) is 0 Å². The molecule has 0 saturated heterocycles. The highest BCUT2D eigenvalue weighted by Crippen LogP contribution is 2.72. The Morgan fingerprint density at radius 3 is 2.49 bits per heavy atom. The molecule has 1 aromatic carbocycles. The van der Waals surface area contributed by atoms with Crippen LogP contribution in [0.15, 0.2) is 54.1 Å². The van der Waals surface area contributed by atoms with Crippen molar-refractivity contribution in [1.29, 1.82) is 0 Å². The SMILES string of the molecule is C[C@@H]1C[C@H]2[C@@H]3C[C@H](F)C4=CC(=O)C=C[C@]4(C)[C@@]3(Cl)C(O)C[C@]2(C)[C@@]1(OC(=O)c1ccccc1)C(=O)CO. The minimum Gasteiger partial charge on any atom is -0.446 e. The molecular formula is C29H32ClFO6. The fourth-order valence-electron chi connectivity index (χ4n) is 8.29. The quantitative estimate of drug-likeness (QED) is 0.451. The molecule has 37 heavy (non-hydrogen) atoms. The van der Waals surface area contributed by atoms with Crippen molar-refractivity contribution in [3.05, 3.63) is 59.7 Å². The maximum Gasteiger partial charge on any atom is 0.339 e. The number of carbonyl (C=O) groups is 3. The van der Waals surface area contributed by atoms with Crippen LogP contribution in [-0.2, 0) is 14.3 Å². The van der Waals surface area contributed by atoms with Crippen LogP contribution in [0.2, 0.25) is 0 Å². The van der Waals surface area contributed by atoms with Gasteiger partial charge < -0.3 is 14.9 Å². The van der Waals surface area contributed by atoms with Crippen molar-refractivity contribution in [3.8, 4) is 0 Å². The third-order valence-corrected chi connectivity index (χ3v) is 10.9. The number of halogens is 2. The number of carbonyl (C=O) groups excluding carboxylic acids is 3. The second-order valence-corrected chi connectivity index (χ2v) is 12.2. The van der Waals surface area contributed by atoms with Crippen LogP contribution in [-0.4, -0.2) is 57.1 Å². The van der Waals surface area contributed by atoms with Gasteiger partial charge in [-0.1, -0.05) is 45.0 Å². The van der Waals surface area contributed by atoms with Gasteiger partial charge in [-0.05, 0) is 61.0 Å². The third-order valence-electron chi connectivity index (χ3n) is 9.99. The van der Waals surface area contributed by atoms with Gasteiger partial charge in [0.05, 0.1) is 16.5 Å². The molecule has 4 aliphatic carbocycles. The first-order chi connectivity index (χ1) is 17.4. The second kappa shape index (κ2) is 8.58. The van der Waals surface area contributed by atoms with E-state index in [4.69, 9.17) is 16.3 Å². The fraction of sp³-hybridized carbons (Fsp3) is 0.552. The van der Waals surface area contributed by atoms with Crippen molar-refractivity contribution < 1.29 is 33.7 Å². The molecule has 4 aliphatic rings. The van der Waals surface area contributed by atoms with E-state index in [-0.39, 0.29) is 29.8 Å². The number of aliphatic hydroxyl groups is 2. The molecule has 1 unspecified atom stereocenters. The van der Waals surface area contributed by atoms with Gasteiger partial charge in [0, 0.05) is 16.7 Å². The highest BCUT2D eigenvalue weighted by molar-refractivity contribution is 6.26. The fourth-order valence-corrected chi connectivity index (χ4v) is 8.78. The number of benzene rings is 1. The Morgan fingerprint density at radius 2 is 1.84 bits per heavy atom. The van der Waals surface area contributed by atoms with Gasteiger partial charge in [-0.2, -0.15) is 0 Å². The average Bonchev–Trinajstić information content (AvgIpc) is 3.09. The lowest BCUT2D eigenvalue weighted by molar-refractivity contribution is -0.182. The summed E-state index contributed by atoms with van der Waals surface area (Å²) in [5, 5.41) is 21.8. The van der Waals surface area contributed by atoms with Crippen LogP contribution in [0.5, 0.6) is 0 Å². The minimum absolute atomic E-state index is 0.00255. The molecule has 1 aromatic rings. The first-order valence-corrected chi connectivity index (χ1v) is 13.1. The molecule has 9 atom stereocenters. The standard InChI is InChI=1S/C29H32ClFO6/c1-16-11-19-20-13-22(31)21-12-18(33)9-10-26(21,2)28(20,30)23(34)14-27(19,3)29(16,24(35)15-32)37-25(36)17-7-5-4-6-8-17/h4-10,12,16,19-20,22-23,32,34H,11,13-15H2,1-3H3/t16-,19+,20+,22+,23?,26+,27+,28+,29+/m1/s1. The highest BCUT2D eigenvalue weighted by Gasteiger charge is 2.77. The molecule has 0 radical (unpaired) electrons. The zero-order chi connectivity index (χ0) is 27.0. The van der Waals surface area contributed by atoms with Crippen molar-refractivity contribution in [2.45, 2.75) is 62.8 Å². The van der Waals surface area contributed by atoms with Crippen LogP contribution >= 0.6 is 11.6 Å². The van der Waals surface area contributed by atoms with E-state index in [1.807, 2.05) is 0 Å². The molecule has 6 nitrogen and oxygen atoms in total. The monoisotopic (exact) mass is 530 g/mol. The number of esters is 1. The van der Waals surface area contributed by atoms with Crippen LogP contribution in [0.3, 0.4) is 0 Å². The lowest BCUT2D eigenvalue weighted by atomic mass is 9.45. The summed E-state index contributed by atoms with van der Waals surface area (Å²) in [5.41, 5.74) is -3.46. The van der Waals surface area contributed by atoms with Gasteiger partial charge in [0.1, 0.15) is 12.8 Å². The van der Waals surface area contributed by atoms with Gasteiger partial charge in [0.2, 0.25) is 5.78 Å². The molecule has 0 aromatic heterocycles. The Kier molecular flexibility index (Phi) is 6.09. The van der Waals surface area contributed by atoms with E-state index in [9.17, 15) is 24.6 Å². The Hall–Kier alpha value is -2.35. The second-order valence-electron chi connectivity index (χ2n) is 11.6. The highest BCUT2D eigenvalue weighted by atomic mass is 35.5. The van der Waals surface area contributed by atoms with Gasteiger partial charge in [-0.3, -0.25) is 9.59 Å². The molecule has 3 saturated carbocycles. The average molecular weight is 531 g/mol. The minimum atomic E-state index is -1.74. The molecule has 3 fully saturated rings. The predicted octanol–water partition coefficient (Wildman–Crippen LogP) is 3.98.